The molecule has 6 heteroatoms. The van der Waals surface area contributed by atoms with Gasteiger partial charge in [0.2, 0.25) is 0 Å². The highest BCUT2D eigenvalue weighted by molar-refractivity contribution is 7.99. The zero-order valence-electron chi connectivity index (χ0n) is 12.2. The number of aliphatic hydroxyl groups excluding tert-OH is 1. The van der Waals surface area contributed by atoms with Gasteiger partial charge in [-0.15, -0.1) is 23.1 Å². The van der Waals surface area contributed by atoms with E-state index in [4.69, 9.17) is 11.6 Å². The third-order valence-corrected chi connectivity index (χ3v) is 6.10. The number of halogens is 1. The molecule has 114 valence electrons. The zero-order valence-corrected chi connectivity index (χ0v) is 14.6. The van der Waals surface area contributed by atoms with Gasteiger partial charge in [-0.1, -0.05) is 29.8 Å². The van der Waals surface area contributed by atoms with Crippen LogP contribution in [0.5, 0.6) is 0 Å². The largest absolute Gasteiger partial charge is 0.387 e. The molecule has 1 atom stereocenters. The summed E-state index contributed by atoms with van der Waals surface area (Å²) in [5.41, 5.74) is 1.97. The van der Waals surface area contributed by atoms with E-state index in [0.29, 0.717) is 10.8 Å². The van der Waals surface area contributed by atoms with Crippen LogP contribution in [0.1, 0.15) is 22.1 Å². The smallest absolute Gasteiger partial charge is 0.128 e. The van der Waals surface area contributed by atoms with Crippen molar-refractivity contribution in [2.24, 2.45) is 0 Å². The van der Waals surface area contributed by atoms with Crippen molar-refractivity contribution in [2.75, 3.05) is 5.75 Å². The average molecular weight is 351 g/mol. The van der Waals surface area contributed by atoms with Crippen LogP contribution in [0, 0.1) is 13.8 Å². The van der Waals surface area contributed by atoms with Crippen LogP contribution in [0.25, 0.3) is 10.2 Å². The molecule has 0 saturated heterocycles. The van der Waals surface area contributed by atoms with Crippen molar-refractivity contribution in [1.82, 2.24) is 9.97 Å². The van der Waals surface area contributed by atoms with Gasteiger partial charge in [0.15, 0.2) is 0 Å². The number of aryl methyl sites for hydroxylation is 2. The molecule has 22 heavy (non-hydrogen) atoms. The summed E-state index contributed by atoms with van der Waals surface area (Å²) >= 11 is 9.35. The lowest BCUT2D eigenvalue weighted by atomic mass is 10.1. The monoisotopic (exact) mass is 350 g/mol. The Morgan fingerprint density at radius 3 is 2.82 bits per heavy atom. The fourth-order valence-electron chi connectivity index (χ4n) is 2.25. The van der Waals surface area contributed by atoms with E-state index in [-0.39, 0.29) is 0 Å². The minimum absolute atomic E-state index is 0.504. The van der Waals surface area contributed by atoms with Gasteiger partial charge in [0, 0.05) is 21.0 Å². The summed E-state index contributed by atoms with van der Waals surface area (Å²) in [5.74, 6) is 0.504. The first kappa shape index (κ1) is 15.7. The fraction of sp³-hybridized carbons (Fsp3) is 0.250. The van der Waals surface area contributed by atoms with Crippen LogP contribution in [0.2, 0.25) is 5.02 Å². The number of hydrogen-bond donors (Lipinski definition) is 1. The molecule has 2 aromatic heterocycles. The standard InChI is InChI=1S/C16H15ClN2OS2/c1-9-10(2)22-16-14(9)15(18-8-19-16)21-7-13(20)11-5-3-4-6-12(11)17/h3-6,8,13,20H,7H2,1-2H3. The Balaban J connectivity index is 1.84. The van der Waals surface area contributed by atoms with Crippen LogP contribution >= 0.6 is 34.7 Å². The molecule has 1 unspecified atom stereocenters. The Bertz CT molecular complexity index is 819. The van der Waals surface area contributed by atoms with Crippen LogP contribution in [0.4, 0.5) is 0 Å². The molecule has 0 aliphatic carbocycles. The van der Waals surface area contributed by atoms with Gasteiger partial charge in [0.05, 0.1) is 6.10 Å². The summed E-state index contributed by atoms with van der Waals surface area (Å²) in [6.45, 7) is 4.18. The van der Waals surface area contributed by atoms with Crippen molar-refractivity contribution < 1.29 is 5.11 Å². The molecule has 3 aromatic rings. The van der Waals surface area contributed by atoms with E-state index in [1.807, 2.05) is 18.2 Å². The van der Waals surface area contributed by atoms with Gasteiger partial charge < -0.3 is 5.11 Å². The summed E-state index contributed by atoms with van der Waals surface area (Å²) in [4.78, 5) is 11.0. The fourth-order valence-corrected chi connectivity index (χ4v) is 4.59. The Hall–Kier alpha value is -1.14. The molecular formula is C16H15ClN2OS2. The van der Waals surface area contributed by atoms with Crippen molar-refractivity contribution >= 4 is 44.9 Å². The maximum absolute atomic E-state index is 10.4. The number of aromatic nitrogens is 2. The van der Waals surface area contributed by atoms with Crippen molar-refractivity contribution in [3.05, 3.63) is 51.6 Å². The molecule has 0 aliphatic heterocycles. The molecule has 1 aromatic carbocycles. The predicted molar refractivity (Wildman–Crippen MR) is 94.0 cm³/mol. The Morgan fingerprint density at radius 1 is 1.27 bits per heavy atom. The molecule has 0 aliphatic rings. The van der Waals surface area contributed by atoms with E-state index in [1.165, 1.54) is 22.2 Å². The molecule has 1 N–H and O–H groups in total. The van der Waals surface area contributed by atoms with Gasteiger partial charge in [-0.25, -0.2) is 9.97 Å². The molecule has 0 fully saturated rings. The summed E-state index contributed by atoms with van der Waals surface area (Å²) in [5, 5.41) is 13.0. The lowest BCUT2D eigenvalue weighted by molar-refractivity contribution is 0.204. The highest BCUT2D eigenvalue weighted by Gasteiger charge is 2.16. The highest BCUT2D eigenvalue weighted by Crippen LogP contribution is 2.36. The van der Waals surface area contributed by atoms with Gasteiger partial charge in [-0.3, -0.25) is 0 Å². The average Bonchev–Trinajstić information content (AvgIpc) is 2.81. The summed E-state index contributed by atoms with van der Waals surface area (Å²) in [6.07, 6.45) is 0.964. The van der Waals surface area contributed by atoms with Gasteiger partial charge in [0.1, 0.15) is 16.2 Å². The lowest BCUT2D eigenvalue weighted by Crippen LogP contribution is -2.01. The molecule has 0 amide bonds. The topological polar surface area (TPSA) is 46.0 Å². The Kier molecular flexibility index (Phi) is 4.68. The van der Waals surface area contributed by atoms with Crippen LogP contribution in [0.15, 0.2) is 35.6 Å². The summed E-state index contributed by atoms with van der Waals surface area (Å²) in [7, 11) is 0. The molecule has 2 heterocycles. The van der Waals surface area contributed by atoms with Crippen molar-refractivity contribution in [2.45, 2.75) is 25.0 Å². The van der Waals surface area contributed by atoms with Crippen LogP contribution in [-0.2, 0) is 0 Å². The van der Waals surface area contributed by atoms with E-state index in [0.717, 1.165) is 20.8 Å². The zero-order chi connectivity index (χ0) is 15.7. The van der Waals surface area contributed by atoms with Gasteiger partial charge in [0.25, 0.3) is 0 Å². The molecule has 0 saturated carbocycles. The third kappa shape index (κ3) is 2.99. The number of nitrogens with zero attached hydrogens (tertiary/aromatic N) is 2. The predicted octanol–water partition coefficient (Wildman–Crippen LogP) is 4.79. The summed E-state index contributed by atoms with van der Waals surface area (Å²) < 4.78 is 0. The maximum atomic E-state index is 10.4. The normalized spacial score (nSPS) is 12.7. The SMILES string of the molecule is Cc1sc2ncnc(SCC(O)c3ccccc3Cl)c2c1C. The molecule has 0 spiro atoms. The molecule has 0 bridgehead atoms. The second kappa shape index (κ2) is 6.54. The molecule has 0 radical (unpaired) electrons. The van der Waals surface area contributed by atoms with E-state index in [2.05, 4.69) is 23.8 Å². The van der Waals surface area contributed by atoms with Gasteiger partial charge in [-0.05, 0) is 31.0 Å². The number of thioether (sulfide) groups is 1. The maximum Gasteiger partial charge on any atom is 0.128 e. The van der Waals surface area contributed by atoms with Gasteiger partial charge >= 0.3 is 0 Å². The molecular weight excluding hydrogens is 336 g/mol. The van der Waals surface area contributed by atoms with Crippen LogP contribution in [-0.4, -0.2) is 20.8 Å². The minimum Gasteiger partial charge on any atom is -0.387 e. The van der Waals surface area contributed by atoms with Crippen LogP contribution in [0.3, 0.4) is 0 Å². The number of fused-ring (bicyclic) bond motifs is 1. The highest BCUT2D eigenvalue weighted by atomic mass is 35.5. The third-order valence-electron chi connectivity index (χ3n) is 3.57. The van der Waals surface area contributed by atoms with E-state index in [9.17, 15) is 5.11 Å². The number of rotatable bonds is 4. The number of benzene rings is 1. The Morgan fingerprint density at radius 2 is 2.05 bits per heavy atom. The molecule has 3 rings (SSSR count). The first-order valence-corrected chi connectivity index (χ1v) is 9.02. The van der Waals surface area contributed by atoms with Crippen LogP contribution < -0.4 is 0 Å². The van der Waals surface area contributed by atoms with E-state index < -0.39 is 6.10 Å². The molecule has 3 nitrogen and oxygen atoms in total. The van der Waals surface area contributed by atoms with Gasteiger partial charge in [-0.2, -0.15) is 0 Å². The van der Waals surface area contributed by atoms with Crippen molar-refractivity contribution in [3.8, 4) is 0 Å². The van der Waals surface area contributed by atoms with E-state index in [1.54, 1.807) is 23.7 Å². The summed E-state index contributed by atoms with van der Waals surface area (Å²) in [6, 6.07) is 7.38. The van der Waals surface area contributed by atoms with Crippen molar-refractivity contribution in [3.63, 3.8) is 0 Å². The quantitative estimate of drug-likeness (QED) is 0.543. The minimum atomic E-state index is -0.622. The van der Waals surface area contributed by atoms with Crippen molar-refractivity contribution in [1.29, 1.82) is 0 Å². The first-order valence-electron chi connectivity index (χ1n) is 6.84. The number of thiophene rings is 1. The first-order chi connectivity index (χ1) is 10.6. The second-order valence-corrected chi connectivity index (χ2v) is 7.61. The lowest BCUT2D eigenvalue weighted by Gasteiger charge is -2.12. The van der Waals surface area contributed by atoms with E-state index >= 15 is 0 Å². The second-order valence-electron chi connectivity index (χ2n) is 4.99. The number of hydrogen-bond acceptors (Lipinski definition) is 5. The number of aliphatic hydroxyl groups is 1. The Labute approximate surface area is 142 Å².